The van der Waals surface area contributed by atoms with Gasteiger partial charge in [-0.25, -0.2) is 4.68 Å². The molecule has 0 aliphatic heterocycles. The van der Waals surface area contributed by atoms with Crippen LogP contribution in [0.4, 0.5) is 24.5 Å². The first-order chi connectivity index (χ1) is 15.6. The van der Waals surface area contributed by atoms with Gasteiger partial charge in [-0.05, 0) is 63.8 Å². The molecule has 7 nitrogen and oxygen atoms in total. The van der Waals surface area contributed by atoms with Crippen molar-refractivity contribution in [3.05, 3.63) is 91.9 Å². The summed E-state index contributed by atoms with van der Waals surface area (Å²) in [6.45, 7) is 0. The van der Waals surface area contributed by atoms with Crippen LogP contribution in [0.2, 0.25) is 0 Å². The van der Waals surface area contributed by atoms with Gasteiger partial charge in [0.05, 0.1) is 26.9 Å². The quantitative estimate of drug-likeness (QED) is 0.231. The van der Waals surface area contributed by atoms with Crippen molar-refractivity contribution in [2.75, 3.05) is 5.32 Å². The Morgan fingerprint density at radius 3 is 2.45 bits per heavy atom. The van der Waals surface area contributed by atoms with Crippen LogP contribution in [0.5, 0.6) is 0 Å². The maximum absolute atomic E-state index is 13.3. The van der Waals surface area contributed by atoms with Crippen LogP contribution in [-0.2, 0) is 6.18 Å². The van der Waals surface area contributed by atoms with E-state index in [9.17, 15) is 28.1 Å². The van der Waals surface area contributed by atoms with E-state index in [0.717, 1.165) is 6.07 Å². The van der Waals surface area contributed by atoms with Crippen molar-refractivity contribution in [3.63, 3.8) is 0 Å². The van der Waals surface area contributed by atoms with Crippen LogP contribution in [0.15, 0.2) is 70.5 Å². The number of halogens is 4. The van der Waals surface area contributed by atoms with Crippen LogP contribution in [-0.4, -0.2) is 20.6 Å². The topological polar surface area (TPSA) is 90.1 Å². The number of nitrogens with zero attached hydrogens (tertiary/aromatic N) is 3. The Morgan fingerprint density at radius 2 is 1.85 bits per heavy atom. The predicted octanol–water partition coefficient (Wildman–Crippen LogP) is 6.54. The number of carbonyl (C=O) groups excluding carboxylic acids is 1. The summed E-state index contributed by atoms with van der Waals surface area (Å²) in [5.74, 6) is -0.544. The van der Waals surface area contributed by atoms with Gasteiger partial charge < -0.3 is 5.32 Å². The van der Waals surface area contributed by atoms with E-state index in [0.29, 0.717) is 15.0 Å². The van der Waals surface area contributed by atoms with Gasteiger partial charge in [-0.2, -0.15) is 18.3 Å². The largest absolute Gasteiger partial charge is 0.435 e. The summed E-state index contributed by atoms with van der Waals surface area (Å²) in [6.07, 6.45) is -4.61. The minimum absolute atomic E-state index is 0.191. The third kappa shape index (κ3) is 4.81. The molecule has 4 aromatic rings. The number of hydrogen-bond acceptors (Lipinski definition) is 5. The lowest BCUT2D eigenvalue weighted by atomic mass is 10.2. The van der Waals surface area contributed by atoms with Crippen molar-refractivity contribution in [1.29, 1.82) is 0 Å². The predicted molar refractivity (Wildman–Crippen MR) is 121 cm³/mol. The summed E-state index contributed by atoms with van der Waals surface area (Å²) in [7, 11) is 0. The molecule has 0 spiro atoms. The number of amides is 1. The second kappa shape index (κ2) is 8.79. The molecule has 0 fully saturated rings. The highest BCUT2D eigenvalue weighted by atomic mass is 79.9. The van der Waals surface area contributed by atoms with E-state index in [1.165, 1.54) is 58.5 Å². The average Bonchev–Trinajstić information content (AvgIpc) is 3.45. The van der Waals surface area contributed by atoms with Gasteiger partial charge in [0.25, 0.3) is 11.6 Å². The molecule has 168 valence electrons. The first-order valence-electron chi connectivity index (χ1n) is 9.20. The van der Waals surface area contributed by atoms with Crippen molar-refractivity contribution < 1.29 is 22.9 Å². The molecule has 0 bridgehead atoms. The third-order valence-electron chi connectivity index (χ3n) is 4.56. The summed E-state index contributed by atoms with van der Waals surface area (Å²) in [5, 5.41) is 19.0. The minimum atomic E-state index is -4.61. The Morgan fingerprint density at radius 1 is 1.12 bits per heavy atom. The summed E-state index contributed by atoms with van der Waals surface area (Å²) in [4.78, 5) is 23.6. The Labute approximate surface area is 196 Å². The number of hydrogen-bond donors (Lipinski definition) is 1. The molecule has 12 heteroatoms. The highest BCUT2D eigenvalue weighted by molar-refractivity contribution is 9.10. The molecule has 0 aliphatic carbocycles. The van der Waals surface area contributed by atoms with Crippen LogP contribution in [0.25, 0.3) is 16.3 Å². The molecule has 2 aromatic heterocycles. The Kier molecular flexibility index (Phi) is 6.04. The average molecular weight is 537 g/mol. The number of non-ortho nitro benzene ring substituents is 1. The van der Waals surface area contributed by atoms with Gasteiger partial charge in [0.1, 0.15) is 0 Å². The van der Waals surface area contributed by atoms with Crippen LogP contribution < -0.4 is 5.32 Å². The SMILES string of the molecule is O=C(Nc1cc([N+](=O)[O-])ccc1Br)c1ccc(-n2nc(C(F)(F)F)cc2-c2cccs2)cc1. The number of anilines is 1. The summed E-state index contributed by atoms with van der Waals surface area (Å²) >= 11 is 4.51. The van der Waals surface area contributed by atoms with Gasteiger partial charge in [0.2, 0.25) is 0 Å². The zero-order chi connectivity index (χ0) is 23.8. The fourth-order valence-electron chi connectivity index (χ4n) is 2.99. The van der Waals surface area contributed by atoms with Gasteiger partial charge in [-0.1, -0.05) is 6.07 Å². The number of nitrogens with one attached hydrogen (secondary N) is 1. The number of aromatic nitrogens is 2. The molecule has 1 N–H and O–H groups in total. The molecule has 0 atom stereocenters. The smallest absolute Gasteiger partial charge is 0.321 e. The van der Waals surface area contributed by atoms with Gasteiger partial charge in [0, 0.05) is 22.2 Å². The summed E-state index contributed by atoms with van der Waals surface area (Å²) in [6, 6.07) is 14.2. The zero-order valence-corrected chi connectivity index (χ0v) is 18.7. The van der Waals surface area contributed by atoms with Gasteiger partial charge in [0.15, 0.2) is 5.69 Å². The summed E-state index contributed by atoms with van der Waals surface area (Å²) in [5.41, 5.74) is -0.192. The van der Waals surface area contributed by atoms with Crippen molar-refractivity contribution in [2.24, 2.45) is 0 Å². The fourth-order valence-corrected chi connectivity index (χ4v) is 4.06. The van der Waals surface area contributed by atoms with E-state index in [-0.39, 0.29) is 22.6 Å². The number of nitro benzene ring substituents is 1. The number of benzene rings is 2. The normalized spacial score (nSPS) is 11.4. The first kappa shape index (κ1) is 22.7. The molecule has 2 heterocycles. The molecular formula is C21H12BrF3N4O3S. The van der Waals surface area contributed by atoms with Crippen LogP contribution in [0.3, 0.4) is 0 Å². The zero-order valence-electron chi connectivity index (χ0n) is 16.3. The van der Waals surface area contributed by atoms with E-state index in [2.05, 4.69) is 26.3 Å². The standard InChI is InChI=1S/C21H12BrF3N4O3S/c22-15-8-7-14(29(31)32)10-16(15)26-20(30)12-3-5-13(6-4-12)28-17(18-2-1-9-33-18)11-19(27-28)21(23,24)25/h1-11H,(H,26,30). The highest BCUT2D eigenvalue weighted by Crippen LogP contribution is 2.35. The molecule has 0 radical (unpaired) electrons. The Hall–Kier alpha value is -3.51. The van der Waals surface area contributed by atoms with Crippen LogP contribution in [0.1, 0.15) is 16.1 Å². The number of thiophene rings is 1. The number of nitro groups is 1. The molecular weight excluding hydrogens is 525 g/mol. The molecule has 0 unspecified atom stereocenters. The molecule has 4 rings (SSSR count). The maximum atomic E-state index is 13.3. The van der Waals surface area contributed by atoms with E-state index in [4.69, 9.17) is 0 Å². The lowest BCUT2D eigenvalue weighted by molar-refractivity contribution is -0.384. The molecule has 2 aromatic carbocycles. The highest BCUT2D eigenvalue weighted by Gasteiger charge is 2.35. The fraction of sp³-hybridized carbons (Fsp3) is 0.0476. The van der Waals surface area contributed by atoms with Gasteiger partial charge >= 0.3 is 6.18 Å². The van der Waals surface area contributed by atoms with Crippen LogP contribution in [0, 0.1) is 10.1 Å². The third-order valence-corrected chi connectivity index (χ3v) is 6.14. The van der Waals surface area contributed by atoms with Crippen molar-refractivity contribution in [3.8, 4) is 16.3 Å². The van der Waals surface area contributed by atoms with E-state index in [1.807, 2.05) is 0 Å². The van der Waals surface area contributed by atoms with Crippen molar-refractivity contribution in [2.45, 2.75) is 6.18 Å². The molecule has 33 heavy (non-hydrogen) atoms. The molecule has 0 aliphatic rings. The first-order valence-corrected chi connectivity index (χ1v) is 10.9. The van der Waals surface area contributed by atoms with Crippen molar-refractivity contribution in [1.82, 2.24) is 9.78 Å². The van der Waals surface area contributed by atoms with Crippen LogP contribution >= 0.6 is 27.3 Å². The van der Waals surface area contributed by atoms with Gasteiger partial charge in [-0.3, -0.25) is 14.9 Å². The molecule has 1 amide bonds. The monoisotopic (exact) mass is 536 g/mol. The molecule has 0 saturated heterocycles. The molecule has 0 saturated carbocycles. The maximum Gasteiger partial charge on any atom is 0.435 e. The lowest BCUT2D eigenvalue weighted by Crippen LogP contribution is -2.13. The second-order valence-electron chi connectivity index (χ2n) is 6.72. The number of rotatable bonds is 5. The Bertz CT molecular complexity index is 1340. The van der Waals surface area contributed by atoms with E-state index < -0.39 is 22.7 Å². The van der Waals surface area contributed by atoms with Crippen molar-refractivity contribution >= 4 is 44.5 Å². The summed E-state index contributed by atoms with van der Waals surface area (Å²) < 4.78 is 41.4. The van der Waals surface area contributed by atoms with E-state index in [1.54, 1.807) is 17.5 Å². The van der Waals surface area contributed by atoms with E-state index >= 15 is 0 Å². The number of alkyl halides is 3. The minimum Gasteiger partial charge on any atom is -0.321 e. The number of carbonyl (C=O) groups is 1. The van der Waals surface area contributed by atoms with Gasteiger partial charge in [-0.15, -0.1) is 11.3 Å². The Balaban J connectivity index is 1.63. The second-order valence-corrected chi connectivity index (χ2v) is 8.53. The lowest BCUT2D eigenvalue weighted by Gasteiger charge is -2.09.